The number of alkyl carbamates (subject to hydrolysis) is 1. The average Bonchev–Trinajstić information content (AvgIpc) is 3.31. The third-order valence-corrected chi connectivity index (χ3v) is 7.69. The molecule has 1 saturated carbocycles. The van der Waals surface area contributed by atoms with Crippen LogP contribution in [0.2, 0.25) is 0 Å². The Morgan fingerprint density at radius 1 is 1.17 bits per heavy atom. The van der Waals surface area contributed by atoms with Crippen molar-refractivity contribution in [1.82, 2.24) is 24.9 Å². The molecule has 0 radical (unpaired) electrons. The highest BCUT2D eigenvalue weighted by Gasteiger charge is 2.36. The number of nitrogens with zero attached hydrogens (tertiary/aromatic N) is 4. The first-order chi connectivity index (χ1) is 19.5. The minimum atomic E-state index is -1.40. The first-order valence-electron chi connectivity index (χ1n) is 13.3. The topological polar surface area (TPSA) is 140 Å². The highest BCUT2D eigenvalue weighted by atomic mass is 19.1. The third kappa shape index (κ3) is 5.70. The summed E-state index contributed by atoms with van der Waals surface area (Å²) < 4.78 is 36.3. The minimum Gasteiger partial charge on any atom is -0.453 e. The second-order valence-electron chi connectivity index (χ2n) is 11.1. The van der Waals surface area contributed by atoms with Crippen LogP contribution < -0.4 is 16.4 Å². The first-order valence-corrected chi connectivity index (χ1v) is 13.3. The van der Waals surface area contributed by atoms with E-state index in [1.165, 1.54) is 31.5 Å². The molecule has 1 aliphatic carbocycles. The molecule has 1 aliphatic rings. The van der Waals surface area contributed by atoms with Crippen LogP contribution in [0.4, 0.5) is 25.2 Å². The van der Waals surface area contributed by atoms with Crippen LogP contribution in [0.1, 0.15) is 50.7 Å². The van der Waals surface area contributed by atoms with Gasteiger partial charge >= 0.3 is 6.09 Å². The van der Waals surface area contributed by atoms with Crippen molar-refractivity contribution in [3.05, 3.63) is 71.7 Å². The van der Waals surface area contributed by atoms with Crippen LogP contribution in [0.15, 0.2) is 48.9 Å². The van der Waals surface area contributed by atoms with Gasteiger partial charge in [-0.05, 0) is 80.0 Å². The van der Waals surface area contributed by atoms with Gasteiger partial charge in [0.05, 0.1) is 47.6 Å². The molecule has 3 heterocycles. The summed E-state index contributed by atoms with van der Waals surface area (Å²) in [4.78, 5) is 20.5. The summed E-state index contributed by atoms with van der Waals surface area (Å²) in [7, 11) is 1.32. The zero-order valence-corrected chi connectivity index (χ0v) is 23.2. The maximum Gasteiger partial charge on any atom is 0.407 e. The van der Waals surface area contributed by atoms with Crippen LogP contribution in [0.25, 0.3) is 16.8 Å². The maximum absolute atomic E-state index is 15.1. The van der Waals surface area contributed by atoms with E-state index in [0.29, 0.717) is 23.6 Å². The van der Waals surface area contributed by atoms with E-state index in [4.69, 9.17) is 10.5 Å². The van der Waals surface area contributed by atoms with Gasteiger partial charge in [-0.2, -0.15) is 9.61 Å². The number of carbonyl (C=O) groups excluding carboxylic acids is 1. The van der Waals surface area contributed by atoms with E-state index in [1.54, 1.807) is 24.7 Å². The minimum absolute atomic E-state index is 0.0680. The number of amides is 1. The number of rotatable bonds is 6. The lowest BCUT2D eigenvalue weighted by atomic mass is 9.73. The number of halogens is 2. The molecule has 0 spiro atoms. The molecule has 5 rings (SSSR count). The number of aromatic nitrogens is 4. The van der Waals surface area contributed by atoms with Crippen molar-refractivity contribution in [3.63, 3.8) is 0 Å². The second kappa shape index (κ2) is 11.0. The van der Waals surface area contributed by atoms with Gasteiger partial charge < -0.3 is 26.2 Å². The number of ether oxygens (including phenoxy) is 1. The van der Waals surface area contributed by atoms with Gasteiger partial charge in [0.1, 0.15) is 11.6 Å². The molecule has 216 valence electrons. The van der Waals surface area contributed by atoms with E-state index < -0.39 is 23.3 Å². The van der Waals surface area contributed by atoms with Gasteiger partial charge in [-0.1, -0.05) is 6.92 Å². The number of benzene rings is 1. The van der Waals surface area contributed by atoms with E-state index in [0.717, 1.165) is 24.1 Å². The van der Waals surface area contributed by atoms with Crippen LogP contribution >= 0.6 is 0 Å². The quantitative estimate of drug-likeness (QED) is 0.266. The van der Waals surface area contributed by atoms with E-state index in [2.05, 4.69) is 25.7 Å². The lowest BCUT2D eigenvalue weighted by Crippen LogP contribution is -2.54. The normalized spacial score (nSPS) is 21.1. The molecular weight excluding hydrogens is 532 g/mol. The van der Waals surface area contributed by atoms with Crippen molar-refractivity contribution in [3.8, 4) is 11.3 Å². The second-order valence-corrected chi connectivity index (χ2v) is 11.1. The predicted octanol–water partition coefficient (Wildman–Crippen LogP) is 4.61. The molecule has 12 heteroatoms. The largest absolute Gasteiger partial charge is 0.453 e. The smallest absolute Gasteiger partial charge is 0.407 e. The molecule has 0 saturated heterocycles. The number of hydrogen-bond acceptors (Lipinski definition) is 8. The summed E-state index contributed by atoms with van der Waals surface area (Å²) >= 11 is 0. The van der Waals surface area contributed by atoms with Crippen LogP contribution in [0, 0.1) is 17.6 Å². The average molecular weight is 566 g/mol. The number of methoxy groups -OCH3 is 1. The molecule has 1 aromatic carbocycles. The lowest BCUT2D eigenvalue weighted by Gasteiger charge is -2.39. The molecule has 1 amide bonds. The van der Waals surface area contributed by atoms with Crippen LogP contribution in [-0.4, -0.2) is 50.0 Å². The zero-order valence-electron chi connectivity index (χ0n) is 23.2. The number of imidazole rings is 1. The third-order valence-electron chi connectivity index (χ3n) is 7.69. The molecular formula is C29H33F2N7O3. The van der Waals surface area contributed by atoms with Gasteiger partial charge in [0.2, 0.25) is 5.95 Å². The number of anilines is 2. The molecule has 0 bridgehead atoms. The number of aliphatic hydroxyl groups is 1. The van der Waals surface area contributed by atoms with Crippen molar-refractivity contribution >= 4 is 23.2 Å². The van der Waals surface area contributed by atoms with Crippen LogP contribution in [-0.2, 0) is 10.3 Å². The maximum atomic E-state index is 15.1. The molecule has 3 aromatic heterocycles. The summed E-state index contributed by atoms with van der Waals surface area (Å²) in [5, 5.41) is 20.8. The van der Waals surface area contributed by atoms with E-state index in [9.17, 15) is 9.90 Å². The fourth-order valence-corrected chi connectivity index (χ4v) is 5.55. The number of carbonyl (C=O) groups is 1. The summed E-state index contributed by atoms with van der Waals surface area (Å²) in [6.07, 6.45) is 5.88. The molecule has 41 heavy (non-hydrogen) atoms. The zero-order chi connectivity index (χ0) is 29.5. The van der Waals surface area contributed by atoms with E-state index in [1.807, 2.05) is 13.0 Å². The van der Waals surface area contributed by atoms with Crippen molar-refractivity contribution in [1.29, 1.82) is 0 Å². The Morgan fingerprint density at radius 3 is 2.56 bits per heavy atom. The molecule has 4 atom stereocenters. The van der Waals surface area contributed by atoms with Crippen LogP contribution in [0.5, 0.6) is 0 Å². The fourth-order valence-electron chi connectivity index (χ4n) is 5.55. The van der Waals surface area contributed by atoms with Gasteiger partial charge in [0, 0.05) is 18.3 Å². The van der Waals surface area contributed by atoms with Gasteiger partial charge in [-0.3, -0.25) is 4.98 Å². The molecule has 4 aromatic rings. The summed E-state index contributed by atoms with van der Waals surface area (Å²) in [6.45, 7) is 4.96. The van der Waals surface area contributed by atoms with Crippen molar-refractivity contribution in [2.24, 2.45) is 11.7 Å². The summed E-state index contributed by atoms with van der Waals surface area (Å²) in [5.41, 5.74) is 7.25. The monoisotopic (exact) mass is 565 g/mol. The van der Waals surface area contributed by atoms with Gasteiger partial charge in [0.15, 0.2) is 0 Å². The van der Waals surface area contributed by atoms with Crippen molar-refractivity contribution < 1.29 is 23.4 Å². The standard InChI is InChI=1S/C29H33F2N7O3/c1-15-9-16(10-22(32)26(15)36-28(39)41-4)19-7-8-33-14-24(19)35-27-34-13-18-5-6-23(37-38(18)27)25-20(30)11-17(12-21(25)31)29(2,3)40/h5-8,11-16,22,26,40H,9-10,32H2,1-4H3,(H,34,35)(H,36,39)/t15-,16+,22+,26-/m0/s1. The van der Waals surface area contributed by atoms with Gasteiger partial charge in [-0.25, -0.2) is 18.6 Å². The van der Waals surface area contributed by atoms with Crippen molar-refractivity contribution in [2.75, 3.05) is 12.4 Å². The Labute approximate surface area is 236 Å². The van der Waals surface area contributed by atoms with Crippen molar-refractivity contribution in [2.45, 2.75) is 57.2 Å². The predicted molar refractivity (Wildman–Crippen MR) is 150 cm³/mol. The Hall–Kier alpha value is -4.16. The number of nitrogens with one attached hydrogen (secondary N) is 2. The molecule has 5 N–H and O–H groups in total. The van der Waals surface area contributed by atoms with E-state index >= 15 is 8.78 Å². The Balaban J connectivity index is 1.44. The number of pyridine rings is 1. The Kier molecular flexibility index (Phi) is 7.62. The highest BCUT2D eigenvalue weighted by Crippen LogP contribution is 2.39. The first kappa shape index (κ1) is 28.4. The number of fused-ring (bicyclic) bond motifs is 1. The summed E-state index contributed by atoms with van der Waals surface area (Å²) in [6, 6.07) is 6.84. The Bertz CT molecular complexity index is 1550. The number of nitrogens with two attached hydrogens (primary N) is 1. The molecule has 0 aliphatic heterocycles. The van der Waals surface area contributed by atoms with Gasteiger partial charge in [-0.15, -0.1) is 0 Å². The molecule has 1 fully saturated rings. The summed E-state index contributed by atoms with van der Waals surface area (Å²) in [5.74, 6) is -1.16. The molecule has 10 nitrogen and oxygen atoms in total. The fraction of sp³-hybridized carbons (Fsp3) is 0.379. The highest BCUT2D eigenvalue weighted by molar-refractivity contribution is 5.68. The lowest BCUT2D eigenvalue weighted by molar-refractivity contribution is 0.0779. The molecule has 0 unspecified atom stereocenters. The SMILES string of the molecule is COC(=O)N[C@@H]1[C@H](N)C[C@H](c2ccncc2Nc2ncc3ccc(-c4c(F)cc(C(C)(C)O)cc4F)nn23)C[C@@H]1C. The van der Waals surface area contributed by atoms with Gasteiger partial charge in [0.25, 0.3) is 0 Å². The Morgan fingerprint density at radius 2 is 1.90 bits per heavy atom. The van der Waals surface area contributed by atoms with Crippen LogP contribution in [0.3, 0.4) is 0 Å². The number of hydrogen-bond donors (Lipinski definition) is 4. The van der Waals surface area contributed by atoms with E-state index in [-0.39, 0.29) is 40.7 Å².